The molecule has 1 aromatic rings. The lowest BCUT2D eigenvalue weighted by Gasteiger charge is -2.05. The predicted octanol–water partition coefficient (Wildman–Crippen LogP) is 2.13. The highest BCUT2D eigenvalue weighted by atomic mass is 35.5. The number of hydrogen-bond donors (Lipinski definition) is 1. The molecule has 1 atom stereocenters. The molecule has 0 saturated carbocycles. The Morgan fingerprint density at radius 1 is 1.67 bits per heavy atom. The van der Waals surface area contributed by atoms with Crippen LogP contribution in [0.4, 0.5) is 0 Å². The number of carbonyl (C=O) groups is 1. The molecule has 0 aliphatic carbocycles. The van der Waals surface area contributed by atoms with Crippen LogP contribution in [0.2, 0.25) is 0 Å². The fourth-order valence-electron chi connectivity index (χ4n) is 1.28. The largest absolute Gasteiger partial charge is 0.366 e. The van der Waals surface area contributed by atoms with Gasteiger partial charge in [0, 0.05) is 22.8 Å². The zero-order valence-corrected chi connectivity index (χ0v) is 9.50. The lowest BCUT2D eigenvalue weighted by atomic mass is 10.1. The number of aryl methyl sites for hydroxylation is 1. The fourth-order valence-corrected chi connectivity index (χ4v) is 1.39. The summed E-state index contributed by atoms with van der Waals surface area (Å²) in [5.74, 6) is -0.420. The molecule has 2 N–H and O–H groups in total. The van der Waals surface area contributed by atoms with E-state index in [4.69, 9.17) is 17.3 Å². The predicted molar refractivity (Wildman–Crippen MR) is 61.0 cm³/mol. The number of carbonyl (C=O) groups excluding carboxylic acids is 1. The zero-order valence-electron chi connectivity index (χ0n) is 8.74. The van der Waals surface area contributed by atoms with E-state index in [1.54, 1.807) is 18.3 Å². The van der Waals surface area contributed by atoms with Crippen molar-refractivity contribution in [2.24, 2.45) is 5.73 Å². The molecule has 1 heterocycles. The Labute approximate surface area is 94.6 Å². The van der Waals surface area contributed by atoms with Crippen molar-refractivity contribution in [3.63, 3.8) is 0 Å². The van der Waals surface area contributed by atoms with Gasteiger partial charge < -0.3 is 5.73 Å². The van der Waals surface area contributed by atoms with Crippen LogP contribution in [0.3, 0.4) is 0 Å². The average Bonchev–Trinajstić information content (AvgIpc) is 2.26. The van der Waals surface area contributed by atoms with Crippen molar-refractivity contribution in [1.29, 1.82) is 0 Å². The van der Waals surface area contributed by atoms with Gasteiger partial charge in [-0.2, -0.15) is 0 Å². The van der Waals surface area contributed by atoms with Crippen molar-refractivity contribution in [2.75, 3.05) is 0 Å². The molecule has 1 unspecified atom stereocenters. The van der Waals surface area contributed by atoms with E-state index in [9.17, 15) is 4.79 Å². The number of alkyl halides is 1. The molecule has 0 radical (unpaired) electrons. The van der Waals surface area contributed by atoms with Gasteiger partial charge in [0.25, 0.3) is 0 Å². The molecule has 1 amide bonds. The van der Waals surface area contributed by atoms with Crippen LogP contribution in [0.5, 0.6) is 0 Å². The number of rotatable bonds is 5. The van der Waals surface area contributed by atoms with Crippen molar-refractivity contribution in [3.8, 4) is 0 Å². The molecule has 0 aliphatic rings. The summed E-state index contributed by atoms with van der Waals surface area (Å²) in [6.45, 7) is 2.05. The van der Waals surface area contributed by atoms with Crippen LogP contribution in [-0.2, 0) is 6.42 Å². The standard InChI is InChI=1S/C11H15ClN2O/c1-2-9(12)3-4-10-7-8(11(13)15)5-6-14-10/h5-7,9H,2-4H2,1H3,(H2,13,15). The molecule has 0 aliphatic heterocycles. The summed E-state index contributed by atoms with van der Waals surface area (Å²) in [5.41, 5.74) is 6.54. The van der Waals surface area contributed by atoms with Crippen molar-refractivity contribution in [1.82, 2.24) is 4.98 Å². The van der Waals surface area contributed by atoms with E-state index in [0.717, 1.165) is 25.0 Å². The Balaban J connectivity index is 2.62. The minimum atomic E-state index is -0.420. The third-order valence-electron chi connectivity index (χ3n) is 2.26. The van der Waals surface area contributed by atoms with Gasteiger partial charge in [-0.25, -0.2) is 0 Å². The molecule has 15 heavy (non-hydrogen) atoms. The van der Waals surface area contributed by atoms with Gasteiger partial charge in [0.15, 0.2) is 0 Å². The molecule has 4 heteroatoms. The van der Waals surface area contributed by atoms with E-state index in [2.05, 4.69) is 4.98 Å². The quantitative estimate of drug-likeness (QED) is 0.782. The third kappa shape index (κ3) is 3.88. The summed E-state index contributed by atoms with van der Waals surface area (Å²) in [6, 6.07) is 3.34. The second-order valence-corrected chi connectivity index (χ2v) is 4.06. The van der Waals surface area contributed by atoms with Gasteiger partial charge in [0.2, 0.25) is 5.91 Å². The van der Waals surface area contributed by atoms with Crippen LogP contribution in [0.1, 0.15) is 35.8 Å². The van der Waals surface area contributed by atoms with Crippen molar-refractivity contribution in [3.05, 3.63) is 29.6 Å². The Hall–Kier alpha value is -1.09. The summed E-state index contributed by atoms with van der Waals surface area (Å²) >= 11 is 6.00. The highest BCUT2D eigenvalue weighted by Crippen LogP contribution is 2.11. The Bertz CT molecular complexity index is 341. The number of aromatic nitrogens is 1. The molecule has 1 aromatic heterocycles. The summed E-state index contributed by atoms with van der Waals surface area (Å²) in [4.78, 5) is 15.1. The number of pyridine rings is 1. The van der Waals surface area contributed by atoms with Crippen LogP contribution in [0.15, 0.2) is 18.3 Å². The first-order valence-electron chi connectivity index (χ1n) is 5.02. The normalized spacial score (nSPS) is 12.4. The molecule has 82 valence electrons. The lowest BCUT2D eigenvalue weighted by molar-refractivity contribution is 0.1000. The number of amides is 1. The monoisotopic (exact) mass is 226 g/mol. The Morgan fingerprint density at radius 2 is 2.40 bits per heavy atom. The second kappa shape index (κ2) is 5.71. The summed E-state index contributed by atoms with van der Waals surface area (Å²) < 4.78 is 0. The van der Waals surface area contributed by atoms with E-state index < -0.39 is 5.91 Å². The van der Waals surface area contributed by atoms with Gasteiger partial charge in [-0.3, -0.25) is 9.78 Å². The molecule has 0 saturated heterocycles. The van der Waals surface area contributed by atoms with Crippen LogP contribution < -0.4 is 5.73 Å². The first kappa shape index (κ1) is 12.0. The third-order valence-corrected chi connectivity index (χ3v) is 2.78. The highest BCUT2D eigenvalue weighted by Gasteiger charge is 2.05. The van der Waals surface area contributed by atoms with Crippen LogP contribution in [0.25, 0.3) is 0 Å². The van der Waals surface area contributed by atoms with Gasteiger partial charge in [0.05, 0.1) is 0 Å². The number of nitrogens with two attached hydrogens (primary N) is 1. The van der Waals surface area contributed by atoms with Gasteiger partial charge in [0.1, 0.15) is 0 Å². The van der Waals surface area contributed by atoms with Crippen LogP contribution in [0, 0.1) is 0 Å². The number of halogens is 1. The van der Waals surface area contributed by atoms with E-state index in [-0.39, 0.29) is 5.38 Å². The lowest BCUT2D eigenvalue weighted by Crippen LogP contribution is -2.11. The van der Waals surface area contributed by atoms with Crippen LogP contribution >= 0.6 is 11.6 Å². The molecule has 1 rings (SSSR count). The first-order valence-corrected chi connectivity index (χ1v) is 5.46. The number of hydrogen-bond acceptors (Lipinski definition) is 2. The van der Waals surface area contributed by atoms with Gasteiger partial charge in [-0.1, -0.05) is 6.92 Å². The first-order chi connectivity index (χ1) is 7.13. The second-order valence-electron chi connectivity index (χ2n) is 3.44. The summed E-state index contributed by atoms with van der Waals surface area (Å²) in [7, 11) is 0. The number of primary amides is 1. The average molecular weight is 227 g/mol. The molecule has 0 bridgehead atoms. The Morgan fingerprint density at radius 3 is 3.00 bits per heavy atom. The number of nitrogens with zero attached hydrogens (tertiary/aromatic N) is 1. The summed E-state index contributed by atoms with van der Waals surface area (Å²) in [5, 5.41) is 0.170. The zero-order chi connectivity index (χ0) is 11.3. The van der Waals surface area contributed by atoms with Crippen molar-refractivity contribution in [2.45, 2.75) is 31.6 Å². The van der Waals surface area contributed by atoms with E-state index >= 15 is 0 Å². The van der Waals surface area contributed by atoms with E-state index in [1.807, 2.05) is 6.92 Å². The van der Waals surface area contributed by atoms with Crippen molar-refractivity contribution >= 4 is 17.5 Å². The molecular formula is C11H15ClN2O. The summed E-state index contributed by atoms with van der Waals surface area (Å²) in [6.07, 6.45) is 4.19. The van der Waals surface area contributed by atoms with E-state index in [1.165, 1.54) is 0 Å². The molecule has 0 spiro atoms. The maximum absolute atomic E-state index is 10.9. The Kier molecular flexibility index (Phi) is 4.56. The van der Waals surface area contributed by atoms with Crippen LogP contribution in [-0.4, -0.2) is 16.3 Å². The molecule has 0 aromatic carbocycles. The minimum absolute atomic E-state index is 0.170. The highest BCUT2D eigenvalue weighted by molar-refractivity contribution is 6.20. The smallest absolute Gasteiger partial charge is 0.248 e. The maximum Gasteiger partial charge on any atom is 0.248 e. The van der Waals surface area contributed by atoms with Crippen molar-refractivity contribution < 1.29 is 4.79 Å². The maximum atomic E-state index is 10.9. The topological polar surface area (TPSA) is 56.0 Å². The van der Waals surface area contributed by atoms with Gasteiger partial charge in [-0.15, -0.1) is 11.6 Å². The molecule has 0 fully saturated rings. The molecule has 3 nitrogen and oxygen atoms in total. The van der Waals surface area contributed by atoms with E-state index in [0.29, 0.717) is 5.56 Å². The SMILES string of the molecule is CCC(Cl)CCc1cc(C(N)=O)ccn1. The van der Waals surface area contributed by atoms with Gasteiger partial charge in [-0.05, 0) is 31.4 Å². The molecular weight excluding hydrogens is 212 g/mol. The fraction of sp³-hybridized carbons (Fsp3) is 0.455. The van der Waals surface area contributed by atoms with Gasteiger partial charge >= 0.3 is 0 Å². The minimum Gasteiger partial charge on any atom is -0.366 e.